The summed E-state index contributed by atoms with van der Waals surface area (Å²) in [5.74, 6) is 0.784. The van der Waals surface area contributed by atoms with E-state index in [4.69, 9.17) is 0 Å². The van der Waals surface area contributed by atoms with Crippen molar-refractivity contribution in [1.29, 1.82) is 0 Å². The Morgan fingerprint density at radius 1 is 1.43 bits per heavy atom. The quantitative estimate of drug-likeness (QED) is 0.746. The highest BCUT2D eigenvalue weighted by Crippen LogP contribution is 2.05. The summed E-state index contributed by atoms with van der Waals surface area (Å²) in [4.78, 5) is 0. The first-order valence-electron chi connectivity index (χ1n) is 5.32. The lowest BCUT2D eigenvalue weighted by atomic mass is 10.0. The molecule has 0 unspecified atom stereocenters. The van der Waals surface area contributed by atoms with E-state index in [0.29, 0.717) is 0 Å². The highest BCUT2D eigenvalue weighted by molar-refractivity contribution is 4.90. The van der Waals surface area contributed by atoms with Crippen LogP contribution in [0.3, 0.4) is 0 Å². The molecule has 0 saturated carbocycles. The van der Waals surface area contributed by atoms with E-state index in [1.165, 1.54) is 12.8 Å². The van der Waals surface area contributed by atoms with Gasteiger partial charge in [-0.25, -0.2) is 0 Å². The molecule has 0 atom stereocenters. The molecular weight excluding hydrogens is 176 g/mol. The summed E-state index contributed by atoms with van der Waals surface area (Å²) in [6.45, 7) is 6.37. The van der Waals surface area contributed by atoms with Crippen molar-refractivity contribution < 1.29 is 0 Å². The van der Waals surface area contributed by atoms with E-state index in [9.17, 15) is 0 Å². The van der Waals surface area contributed by atoms with Gasteiger partial charge in [-0.2, -0.15) is 0 Å². The molecule has 1 heterocycles. The summed E-state index contributed by atoms with van der Waals surface area (Å²) in [5, 5.41) is 11.3. The first-order chi connectivity index (χ1) is 6.76. The standard InChI is InChI=1S/C10H20N4/c1-4-9(5-2)6-11-7-10-8-14(3)13-12-10/h8-9,11H,4-7H2,1-3H3. The first kappa shape index (κ1) is 11.2. The summed E-state index contributed by atoms with van der Waals surface area (Å²) in [7, 11) is 1.89. The van der Waals surface area contributed by atoms with E-state index < -0.39 is 0 Å². The summed E-state index contributed by atoms with van der Waals surface area (Å²) in [6, 6.07) is 0. The van der Waals surface area contributed by atoms with Crippen LogP contribution in [-0.2, 0) is 13.6 Å². The van der Waals surface area contributed by atoms with Crippen LogP contribution < -0.4 is 5.32 Å². The molecular formula is C10H20N4. The molecule has 4 nitrogen and oxygen atoms in total. The van der Waals surface area contributed by atoms with Crippen LogP contribution in [0.5, 0.6) is 0 Å². The van der Waals surface area contributed by atoms with Gasteiger partial charge in [0.05, 0.1) is 5.69 Å². The summed E-state index contributed by atoms with van der Waals surface area (Å²) in [5.41, 5.74) is 1.01. The number of hydrogen-bond acceptors (Lipinski definition) is 3. The molecule has 0 bridgehead atoms. The van der Waals surface area contributed by atoms with Gasteiger partial charge in [-0.05, 0) is 12.5 Å². The molecule has 14 heavy (non-hydrogen) atoms. The van der Waals surface area contributed by atoms with Crippen LogP contribution in [0.2, 0.25) is 0 Å². The second-order valence-corrected chi connectivity index (χ2v) is 3.70. The van der Waals surface area contributed by atoms with Gasteiger partial charge >= 0.3 is 0 Å². The fraction of sp³-hybridized carbons (Fsp3) is 0.800. The Kier molecular flexibility index (Phi) is 4.59. The monoisotopic (exact) mass is 196 g/mol. The predicted molar refractivity (Wildman–Crippen MR) is 56.8 cm³/mol. The maximum atomic E-state index is 4.01. The third kappa shape index (κ3) is 3.46. The van der Waals surface area contributed by atoms with Crippen LogP contribution in [-0.4, -0.2) is 21.5 Å². The summed E-state index contributed by atoms with van der Waals surface area (Å²) >= 11 is 0. The second kappa shape index (κ2) is 5.75. The van der Waals surface area contributed by atoms with Gasteiger partial charge in [0.15, 0.2) is 0 Å². The molecule has 0 spiro atoms. The first-order valence-corrected chi connectivity index (χ1v) is 5.32. The minimum atomic E-state index is 0.784. The second-order valence-electron chi connectivity index (χ2n) is 3.70. The smallest absolute Gasteiger partial charge is 0.0964 e. The zero-order valence-corrected chi connectivity index (χ0v) is 9.32. The highest BCUT2D eigenvalue weighted by atomic mass is 15.4. The van der Waals surface area contributed by atoms with Gasteiger partial charge in [0.25, 0.3) is 0 Å². The van der Waals surface area contributed by atoms with Crippen molar-refractivity contribution in [3.8, 4) is 0 Å². The molecule has 0 fully saturated rings. The number of rotatable bonds is 6. The van der Waals surface area contributed by atoms with Crippen molar-refractivity contribution in [3.05, 3.63) is 11.9 Å². The van der Waals surface area contributed by atoms with Crippen LogP contribution in [0.4, 0.5) is 0 Å². The molecule has 0 saturated heterocycles. The molecule has 0 amide bonds. The lowest BCUT2D eigenvalue weighted by Crippen LogP contribution is -2.21. The van der Waals surface area contributed by atoms with Crippen LogP contribution in [0.25, 0.3) is 0 Å². The predicted octanol–water partition coefficient (Wildman–Crippen LogP) is 1.34. The van der Waals surface area contributed by atoms with Gasteiger partial charge in [-0.15, -0.1) is 5.10 Å². The van der Waals surface area contributed by atoms with E-state index in [1.54, 1.807) is 4.68 Å². The van der Waals surface area contributed by atoms with Crippen LogP contribution in [0, 0.1) is 5.92 Å². The Bertz CT molecular complexity index is 252. The lowest BCUT2D eigenvalue weighted by Gasteiger charge is -2.11. The Morgan fingerprint density at radius 2 is 2.14 bits per heavy atom. The maximum Gasteiger partial charge on any atom is 0.0964 e. The van der Waals surface area contributed by atoms with Crippen LogP contribution >= 0.6 is 0 Å². The average Bonchev–Trinajstić information content (AvgIpc) is 2.59. The molecule has 0 aliphatic heterocycles. The fourth-order valence-corrected chi connectivity index (χ4v) is 1.46. The zero-order valence-electron chi connectivity index (χ0n) is 9.32. The maximum absolute atomic E-state index is 4.01. The average molecular weight is 196 g/mol. The zero-order chi connectivity index (χ0) is 10.4. The van der Waals surface area contributed by atoms with Crippen molar-refractivity contribution >= 4 is 0 Å². The van der Waals surface area contributed by atoms with Crippen molar-refractivity contribution in [3.63, 3.8) is 0 Å². The van der Waals surface area contributed by atoms with E-state index >= 15 is 0 Å². The van der Waals surface area contributed by atoms with Crippen molar-refractivity contribution in [1.82, 2.24) is 20.3 Å². The molecule has 0 aliphatic carbocycles. The number of nitrogens with zero attached hydrogens (tertiary/aromatic N) is 3. The Balaban J connectivity index is 2.21. The number of hydrogen-bond donors (Lipinski definition) is 1. The number of nitrogens with one attached hydrogen (secondary N) is 1. The van der Waals surface area contributed by atoms with Gasteiger partial charge < -0.3 is 5.32 Å². The Morgan fingerprint density at radius 3 is 2.64 bits per heavy atom. The van der Waals surface area contributed by atoms with E-state index in [2.05, 4.69) is 29.5 Å². The van der Waals surface area contributed by atoms with Crippen molar-refractivity contribution in [2.24, 2.45) is 13.0 Å². The Labute approximate surface area is 85.7 Å². The molecule has 1 aromatic heterocycles. The third-order valence-corrected chi connectivity index (χ3v) is 2.54. The summed E-state index contributed by atoms with van der Waals surface area (Å²) in [6.07, 6.45) is 4.42. The minimum absolute atomic E-state index is 0.784. The molecule has 80 valence electrons. The summed E-state index contributed by atoms with van der Waals surface area (Å²) < 4.78 is 1.73. The number of aryl methyl sites for hydroxylation is 1. The molecule has 0 aliphatic rings. The SMILES string of the molecule is CCC(CC)CNCc1cn(C)nn1. The van der Waals surface area contributed by atoms with E-state index in [0.717, 1.165) is 24.7 Å². The molecule has 1 aromatic rings. The molecule has 0 radical (unpaired) electrons. The van der Waals surface area contributed by atoms with E-state index in [-0.39, 0.29) is 0 Å². The van der Waals surface area contributed by atoms with E-state index in [1.807, 2.05) is 13.2 Å². The third-order valence-electron chi connectivity index (χ3n) is 2.54. The van der Waals surface area contributed by atoms with Gasteiger partial charge in [0.2, 0.25) is 0 Å². The molecule has 0 aromatic carbocycles. The topological polar surface area (TPSA) is 42.7 Å². The largest absolute Gasteiger partial charge is 0.311 e. The normalized spacial score (nSPS) is 11.1. The van der Waals surface area contributed by atoms with Crippen molar-refractivity contribution in [2.75, 3.05) is 6.54 Å². The fourth-order valence-electron chi connectivity index (χ4n) is 1.46. The van der Waals surface area contributed by atoms with Crippen molar-refractivity contribution in [2.45, 2.75) is 33.2 Å². The molecule has 1 N–H and O–H groups in total. The Hall–Kier alpha value is -0.900. The lowest BCUT2D eigenvalue weighted by molar-refractivity contribution is 0.448. The van der Waals surface area contributed by atoms with Crippen LogP contribution in [0.1, 0.15) is 32.4 Å². The number of aromatic nitrogens is 3. The highest BCUT2D eigenvalue weighted by Gasteiger charge is 2.03. The van der Waals surface area contributed by atoms with Gasteiger partial charge in [-0.3, -0.25) is 4.68 Å². The van der Waals surface area contributed by atoms with Gasteiger partial charge in [0.1, 0.15) is 0 Å². The molecule has 4 heteroatoms. The van der Waals surface area contributed by atoms with Gasteiger partial charge in [-0.1, -0.05) is 31.9 Å². The molecule has 1 rings (SSSR count). The van der Waals surface area contributed by atoms with Gasteiger partial charge in [0, 0.05) is 19.8 Å². The van der Waals surface area contributed by atoms with Crippen LogP contribution in [0.15, 0.2) is 6.20 Å². The minimum Gasteiger partial charge on any atom is -0.311 e.